The fourth-order valence-corrected chi connectivity index (χ4v) is 1.63. The third-order valence-electron chi connectivity index (χ3n) is 2.77. The summed E-state index contributed by atoms with van der Waals surface area (Å²) in [4.78, 5) is 0. The molecule has 2 rings (SSSR count). The molecule has 2 aromatic rings. The van der Waals surface area contributed by atoms with E-state index in [1.54, 1.807) is 0 Å². The maximum atomic E-state index is 9.56. The molecule has 124 valence electrons. The Morgan fingerprint density at radius 1 is 0.875 bits per heavy atom. The molecule has 0 spiro atoms. The lowest BCUT2D eigenvalue weighted by Crippen LogP contribution is -2.26. The van der Waals surface area contributed by atoms with Crippen molar-refractivity contribution in [3.63, 3.8) is 0 Å². The maximum absolute atomic E-state index is 9.56. The van der Waals surface area contributed by atoms with Gasteiger partial charge < -0.3 is 26.2 Å². The fourth-order valence-electron chi connectivity index (χ4n) is 1.63. The average molecular weight is 329 g/mol. The Labute approximate surface area is 136 Å². The molecule has 0 radical (unpaired) electrons. The van der Waals surface area contributed by atoms with E-state index >= 15 is 0 Å². The van der Waals surface area contributed by atoms with Gasteiger partial charge in [-0.1, -0.05) is 0 Å². The van der Waals surface area contributed by atoms with Gasteiger partial charge in [-0.15, -0.1) is 5.10 Å². The van der Waals surface area contributed by atoms with Gasteiger partial charge in [0.2, 0.25) is 5.96 Å². The summed E-state index contributed by atoms with van der Waals surface area (Å²) in [5, 5.41) is 48.5. The molecule has 24 heavy (non-hydrogen) atoms. The van der Waals surface area contributed by atoms with Crippen molar-refractivity contribution in [3.05, 3.63) is 47.5 Å². The highest BCUT2D eigenvalue weighted by molar-refractivity contribution is 5.87. The molecule has 0 aliphatic carbocycles. The van der Waals surface area contributed by atoms with Crippen molar-refractivity contribution in [2.24, 2.45) is 21.0 Å². The quantitative estimate of drug-likeness (QED) is 0.276. The smallest absolute Gasteiger partial charge is 0.234 e. The number of aromatic hydroxyl groups is 4. The first-order chi connectivity index (χ1) is 11.5. The third kappa shape index (κ3) is 4.63. The van der Waals surface area contributed by atoms with Crippen LogP contribution in [0.3, 0.4) is 0 Å². The molecule has 0 unspecified atom stereocenters. The van der Waals surface area contributed by atoms with Crippen LogP contribution in [0.15, 0.2) is 51.7 Å². The Morgan fingerprint density at radius 2 is 1.42 bits per heavy atom. The predicted molar refractivity (Wildman–Crippen MR) is 89.5 cm³/mol. The number of hydrazone groups is 1. The van der Waals surface area contributed by atoms with E-state index in [0.29, 0.717) is 11.1 Å². The van der Waals surface area contributed by atoms with Crippen LogP contribution in [0.1, 0.15) is 11.1 Å². The Hall–Kier alpha value is -3.75. The summed E-state index contributed by atoms with van der Waals surface area (Å²) < 4.78 is 0. The summed E-state index contributed by atoms with van der Waals surface area (Å²) >= 11 is 0. The first-order valence-corrected chi connectivity index (χ1v) is 6.65. The number of guanidine groups is 1. The topological polar surface area (TPSA) is 156 Å². The predicted octanol–water partition coefficient (Wildman–Crippen LogP) is 0.781. The SMILES string of the molecule is NC(=NN=Cc1ccc(O)cc1O)NN=Cc1ccc(O)cc1O. The van der Waals surface area contributed by atoms with Gasteiger partial charge >= 0.3 is 0 Å². The molecule has 0 bridgehead atoms. The monoisotopic (exact) mass is 329 g/mol. The van der Waals surface area contributed by atoms with Gasteiger partial charge in [-0.05, 0) is 24.3 Å². The van der Waals surface area contributed by atoms with Crippen LogP contribution >= 0.6 is 0 Å². The van der Waals surface area contributed by atoms with Gasteiger partial charge in [0, 0.05) is 23.3 Å². The van der Waals surface area contributed by atoms with Crippen molar-refractivity contribution in [2.45, 2.75) is 0 Å². The Balaban J connectivity index is 1.96. The molecule has 0 atom stereocenters. The van der Waals surface area contributed by atoms with Crippen molar-refractivity contribution in [1.82, 2.24) is 5.43 Å². The normalized spacial score (nSPS) is 12.1. The minimum absolute atomic E-state index is 0.0643. The number of benzene rings is 2. The van der Waals surface area contributed by atoms with Crippen molar-refractivity contribution in [2.75, 3.05) is 0 Å². The number of phenolic OH excluding ortho intramolecular Hbond substituents is 4. The molecule has 0 saturated heterocycles. The van der Waals surface area contributed by atoms with Gasteiger partial charge in [-0.3, -0.25) is 0 Å². The van der Waals surface area contributed by atoms with Crippen LogP contribution in [0, 0.1) is 0 Å². The highest BCUT2D eigenvalue weighted by Gasteiger charge is 2.00. The number of nitrogens with two attached hydrogens (primary N) is 1. The van der Waals surface area contributed by atoms with Crippen molar-refractivity contribution >= 4 is 18.4 Å². The summed E-state index contributed by atoms with van der Waals surface area (Å²) in [6.07, 6.45) is 2.53. The largest absolute Gasteiger partial charge is 0.508 e. The lowest BCUT2D eigenvalue weighted by Gasteiger charge is -2.00. The van der Waals surface area contributed by atoms with E-state index in [4.69, 9.17) is 10.8 Å². The van der Waals surface area contributed by atoms with Crippen LogP contribution in [0.25, 0.3) is 0 Å². The van der Waals surface area contributed by atoms with Crippen molar-refractivity contribution in [3.8, 4) is 23.0 Å². The Kier molecular flexibility index (Phi) is 5.19. The van der Waals surface area contributed by atoms with Crippen LogP contribution in [0.2, 0.25) is 0 Å². The van der Waals surface area contributed by atoms with Crippen LogP contribution in [0.5, 0.6) is 23.0 Å². The molecule has 0 amide bonds. The number of nitrogens with zero attached hydrogens (tertiary/aromatic N) is 3. The van der Waals surface area contributed by atoms with Gasteiger partial charge in [-0.25, -0.2) is 5.43 Å². The summed E-state index contributed by atoms with van der Waals surface area (Å²) in [6, 6.07) is 8.05. The van der Waals surface area contributed by atoms with E-state index in [1.807, 2.05) is 0 Å². The highest BCUT2D eigenvalue weighted by Crippen LogP contribution is 2.21. The number of rotatable bonds is 4. The van der Waals surface area contributed by atoms with Gasteiger partial charge in [0.15, 0.2) is 0 Å². The summed E-state index contributed by atoms with van der Waals surface area (Å²) in [6.45, 7) is 0. The van der Waals surface area contributed by atoms with E-state index in [-0.39, 0.29) is 29.0 Å². The molecule has 7 N–H and O–H groups in total. The molecule has 9 nitrogen and oxygen atoms in total. The van der Waals surface area contributed by atoms with Crippen molar-refractivity contribution in [1.29, 1.82) is 0 Å². The van der Waals surface area contributed by atoms with Gasteiger partial charge in [0.25, 0.3) is 0 Å². The third-order valence-corrected chi connectivity index (χ3v) is 2.77. The molecule has 0 heterocycles. The van der Waals surface area contributed by atoms with E-state index in [1.165, 1.54) is 48.8 Å². The zero-order chi connectivity index (χ0) is 17.5. The second-order valence-electron chi connectivity index (χ2n) is 4.59. The summed E-state index contributed by atoms with van der Waals surface area (Å²) in [5.74, 6) is -0.552. The van der Waals surface area contributed by atoms with Crippen LogP contribution in [0.4, 0.5) is 0 Å². The minimum atomic E-state index is -0.152. The summed E-state index contributed by atoms with van der Waals surface area (Å²) in [7, 11) is 0. The molecule has 2 aromatic carbocycles. The molecule has 9 heteroatoms. The fraction of sp³-hybridized carbons (Fsp3) is 0. The van der Waals surface area contributed by atoms with Crippen molar-refractivity contribution < 1.29 is 20.4 Å². The second-order valence-corrected chi connectivity index (χ2v) is 4.59. The maximum Gasteiger partial charge on any atom is 0.234 e. The van der Waals surface area contributed by atoms with E-state index < -0.39 is 0 Å². The Morgan fingerprint density at radius 3 is 1.96 bits per heavy atom. The number of nitrogens with one attached hydrogen (secondary N) is 1. The van der Waals surface area contributed by atoms with E-state index in [0.717, 1.165) is 0 Å². The van der Waals surface area contributed by atoms with Gasteiger partial charge in [-0.2, -0.15) is 10.2 Å². The minimum Gasteiger partial charge on any atom is -0.508 e. The van der Waals surface area contributed by atoms with Crippen LogP contribution in [-0.4, -0.2) is 38.8 Å². The lowest BCUT2D eigenvalue weighted by atomic mass is 10.2. The molecular formula is C15H15N5O4. The molecule has 0 saturated carbocycles. The summed E-state index contributed by atoms with van der Waals surface area (Å²) in [5.41, 5.74) is 8.64. The zero-order valence-corrected chi connectivity index (χ0v) is 12.3. The van der Waals surface area contributed by atoms with Crippen LogP contribution in [-0.2, 0) is 0 Å². The highest BCUT2D eigenvalue weighted by atomic mass is 16.3. The second kappa shape index (κ2) is 7.49. The molecule has 0 aromatic heterocycles. The van der Waals surface area contributed by atoms with Crippen LogP contribution < -0.4 is 11.2 Å². The molecular weight excluding hydrogens is 314 g/mol. The molecule has 0 fully saturated rings. The first-order valence-electron chi connectivity index (χ1n) is 6.65. The first kappa shape index (κ1) is 16.6. The number of phenols is 4. The zero-order valence-electron chi connectivity index (χ0n) is 12.3. The van der Waals surface area contributed by atoms with E-state index in [9.17, 15) is 15.3 Å². The van der Waals surface area contributed by atoms with Gasteiger partial charge in [0.1, 0.15) is 23.0 Å². The van der Waals surface area contributed by atoms with E-state index in [2.05, 4.69) is 20.7 Å². The van der Waals surface area contributed by atoms with Gasteiger partial charge in [0.05, 0.1) is 12.4 Å². The average Bonchev–Trinajstić information content (AvgIpc) is 2.51. The lowest BCUT2D eigenvalue weighted by molar-refractivity contribution is 0.449. The number of hydrogen-bond donors (Lipinski definition) is 6. The molecule has 0 aliphatic heterocycles. The molecule has 0 aliphatic rings. The standard InChI is InChI=1S/C15H15N5O4/c16-15(19-17-7-9-1-3-11(21)5-13(9)23)20-18-8-10-2-4-12(22)6-14(10)24/h1-8,21-24H,(H3,16,19,20). The Bertz CT molecular complexity index is 818. The number of hydrogen-bond acceptors (Lipinski definition) is 7.